The third-order valence-electron chi connectivity index (χ3n) is 3.23. The smallest absolute Gasteiger partial charge is 0.310 e. The summed E-state index contributed by atoms with van der Waals surface area (Å²) in [6.45, 7) is 8.47. The van der Waals surface area contributed by atoms with Crippen molar-refractivity contribution in [1.82, 2.24) is 5.32 Å². The first-order chi connectivity index (χ1) is 6.70. The van der Waals surface area contributed by atoms with Gasteiger partial charge in [0, 0.05) is 6.54 Å². The number of carbonyl (C=O) groups excluding carboxylic acids is 1. The van der Waals surface area contributed by atoms with Crippen LogP contribution in [-0.4, -0.2) is 25.7 Å². The summed E-state index contributed by atoms with van der Waals surface area (Å²) in [6.07, 6.45) is 1.13. The zero-order chi connectivity index (χ0) is 10.6. The minimum atomic E-state index is -0.0252. The second-order valence-corrected chi connectivity index (χ2v) is 4.07. The number of rotatable bonds is 4. The highest BCUT2D eigenvalue weighted by atomic mass is 16.5. The summed E-state index contributed by atoms with van der Waals surface area (Å²) >= 11 is 0. The van der Waals surface area contributed by atoms with Gasteiger partial charge in [0.25, 0.3) is 0 Å². The van der Waals surface area contributed by atoms with Crippen molar-refractivity contribution in [2.45, 2.75) is 27.2 Å². The van der Waals surface area contributed by atoms with E-state index in [0.29, 0.717) is 18.4 Å². The summed E-state index contributed by atoms with van der Waals surface area (Å²) in [7, 11) is 0. The first-order valence-corrected chi connectivity index (χ1v) is 5.58. The van der Waals surface area contributed by atoms with E-state index >= 15 is 0 Å². The topological polar surface area (TPSA) is 38.3 Å². The van der Waals surface area contributed by atoms with Crippen molar-refractivity contribution in [3.05, 3.63) is 0 Å². The van der Waals surface area contributed by atoms with Crippen LogP contribution in [0.5, 0.6) is 0 Å². The Balaban J connectivity index is 2.54. The molecule has 0 bridgehead atoms. The molecular formula is C11H21NO2. The molecule has 1 aliphatic rings. The average Bonchev–Trinajstić information content (AvgIpc) is 2.65. The Morgan fingerprint density at radius 1 is 1.50 bits per heavy atom. The Morgan fingerprint density at radius 2 is 2.21 bits per heavy atom. The molecule has 0 saturated carbocycles. The van der Waals surface area contributed by atoms with Crippen molar-refractivity contribution < 1.29 is 9.53 Å². The van der Waals surface area contributed by atoms with Crippen molar-refractivity contribution in [1.29, 1.82) is 0 Å². The third-order valence-corrected chi connectivity index (χ3v) is 3.23. The zero-order valence-electron chi connectivity index (χ0n) is 9.38. The third kappa shape index (κ3) is 2.47. The van der Waals surface area contributed by atoms with Gasteiger partial charge in [0.15, 0.2) is 0 Å². The molecule has 0 amide bonds. The van der Waals surface area contributed by atoms with Crippen LogP contribution in [0.25, 0.3) is 0 Å². The average molecular weight is 199 g/mol. The molecule has 3 nitrogen and oxygen atoms in total. The van der Waals surface area contributed by atoms with Crippen LogP contribution >= 0.6 is 0 Å². The molecule has 0 aromatic heterocycles. The van der Waals surface area contributed by atoms with Crippen LogP contribution in [0.2, 0.25) is 0 Å². The standard InChI is InChI=1S/C11H21NO2/c1-4-8(3)9-6-12-7-10(9)11(13)14-5-2/h8-10,12H,4-7H2,1-3H3. The van der Waals surface area contributed by atoms with E-state index in [1.807, 2.05) is 6.92 Å². The molecule has 3 heteroatoms. The summed E-state index contributed by atoms with van der Waals surface area (Å²) in [5.41, 5.74) is 0. The number of hydrogen-bond donors (Lipinski definition) is 1. The second kappa shape index (κ2) is 5.35. The first kappa shape index (κ1) is 11.5. The van der Waals surface area contributed by atoms with E-state index in [-0.39, 0.29) is 11.9 Å². The minimum absolute atomic E-state index is 0.0252. The van der Waals surface area contributed by atoms with E-state index in [2.05, 4.69) is 19.2 Å². The van der Waals surface area contributed by atoms with Crippen molar-refractivity contribution in [2.75, 3.05) is 19.7 Å². The van der Waals surface area contributed by atoms with Gasteiger partial charge in [-0.05, 0) is 25.3 Å². The molecule has 0 aromatic carbocycles. The van der Waals surface area contributed by atoms with E-state index in [9.17, 15) is 4.79 Å². The van der Waals surface area contributed by atoms with E-state index in [1.165, 1.54) is 0 Å². The maximum atomic E-state index is 11.6. The Morgan fingerprint density at radius 3 is 2.79 bits per heavy atom. The van der Waals surface area contributed by atoms with Crippen LogP contribution in [0.15, 0.2) is 0 Å². The second-order valence-electron chi connectivity index (χ2n) is 4.07. The van der Waals surface area contributed by atoms with Gasteiger partial charge in [-0.15, -0.1) is 0 Å². The summed E-state index contributed by atoms with van der Waals surface area (Å²) in [6, 6.07) is 0. The summed E-state index contributed by atoms with van der Waals surface area (Å²) < 4.78 is 5.07. The van der Waals surface area contributed by atoms with Gasteiger partial charge in [-0.3, -0.25) is 4.79 Å². The molecule has 14 heavy (non-hydrogen) atoms. The molecule has 82 valence electrons. The SMILES string of the molecule is CCOC(=O)C1CNCC1C(C)CC. The lowest BCUT2D eigenvalue weighted by molar-refractivity contribution is -0.149. The molecule has 3 atom stereocenters. The van der Waals surface area contributed by atoms with Crippen molar-refractivity contribution in [2.24, 2.45) is 17.8 Å². The van der Waals surface area contributed by atoms with Gasteiger partial charge in [-0.2, -0.15) is 0 Å². The summed E-state index contributed by atoms with van der Waals surface area (Å²) in [5.74, 6) is 1.10. The van der Waals surface area contributed by atoms with Gasteiger partial charge in [0.2, 0.25) is 0 Å². The van der Waals surface area contributed by atoms with Gasteiger partial charge in [-0.1, -0.05) is 20.3 Å². The quantitative estimate of drug-likeness (QED) is 0.696. The first-order valence-electron chi connectivity index (χ1n) is 5.58. The number of carbonyl (C=O) groups is 1. The Labute approximate surface area is 86.2 Å². The minimum Gasteiger partial charge on any atom is -0.466 e. The molecule has 1 aliphatic heterocycles. The Kier molecular flexibility index (Phi) is 4.39. The molecule has 1 heterocycles. The fourth-order valence-corrected chi connectivity index (χ4v) is 2.11. The highest BCUT2D eigenvalue weighted by molar-refractivity contribution is 5.73. The normalized spacial score (nSPS) is 28.8. The number of ether oxygens (including phenoxy) is 1. The molecule has 1 N–H and O–H groups in total. The lowest BCUT2D eigenvalue weighted by atomic mass is 9.83. The molecule has 1 saturated heterocycles. The molecule has 1 rings (SSSR count). The van der Waals surface area contributed by atoms with Gasteiger partial charge in [-0.25, -0.2) is 0 Å². The van der Waals surface area contributed by atoms with E-state index in [4.69, 9.17) is 4.74 Å². The maximum absolute atomic E-state index is 11.6. The monoisotopic (exact) mass is 199 g/mol. The maximum Gasteiger partial charge on any atom is 0.310 e. The van der Waals surface area contributed by atoms with E-state index in [1.54, 1.807) is 0 Å². The largest absolute Gasteiger partial charge is 0.466 e. The van der Waals surface area contributed by atoms with Gasteiger partial charge >= 0.3 is 5.97 Å². The summed E-state index contributed by atoms with van der Waals surface area (Å²) in [4.78, 5) is 11.6. The van der Waals surface area contributed by atoms with Crippen LogP contribution < -0.4 is 5.32 Å². The number of nitrogens with one attached hydrogen (secondary N) is 1. The lowest BCUT2D eigenvalue weighted by Crippen LogP contribution is -2.28. The van der Waals surface area contributed by atoms with E-state index in [0.717, 1.165) is 19.5 Å². The van der Waals surface area contributed by atoms with E-state index < -0.39 is 0 Å². The van der Waals surface area contributed by atoms with Crippen molar-refractivity contribution >= 4 is 5.97 Å². The van der Waals surface area contributed by atoms with Gasteiger partial charge in [0.05, 0.1) is 12.5 Å². The molecule has 0 aliphatic carbocycles. The fraction of sp³-hybridized carbons (Fsp3) is 0.909. The van der Waals surface area contributed by atoms with Crippen LogP contribution in [0, 0.1) is 17.8 Å². The van der Waals surface area contributed by atoms with Crippen molar-refractivity contribution in [3.63, 3.8) is 0 Å². The predicted octanol–water partition coefficient (Wildman–Crippen LogP) is 1.43. The number of esters is 1. The lowest BCUT2D eigenvalue weighted by Gasteiger charge is -2.22. The van der Waals surface area contributed by atoms with Crippen molar-refractivity contribution in [3.8, 4) is 0 Å². The van der Waals surface area contributed by atoms with Gasteiger partial charge < -0.3 is 10.1 Å². The zero-order valence-corrected chi connectivity index (χ0v) is 9.38. The highest BCUT2D eigenvalue weighted by Crippen LogP contribution is 2.27. The molecule has 0 radical (unpaired) electrons. The highest BCUT2D eigenvalue weighted by Gasteiger charge is 2.36. The van der Waals surface area contributed by atoms with Crippen LogP contribution in [0.4, 0.5) is 0 Å². The summed E-state index contributed by atoms with van der Waals surface area (Å²) in [5, 5.41) is 3.28. The Hall–Kier alpha value is -0.570. The molecule has 1 fully saturated rings. The van der Waals surface area contributed by atoms with Crippen LogP contribution in [-0.2, 0) is 9.53 Å². The number of hydrogen-bond acceptors (Lipinski definition) is 3. The fourth-order valence-electron chi connectivity index (χ4n) is 2.11. The molecule has 3 unspecified atom stereocenters. The van der Waals surface area contributed by atoms with Gasteiger partial charge in [0.1, 0.15) is 0 Å². The molecular weight excluding hydrogens is 178 g/mol. The molecule has 0 aromatic rings. The molecule has 0 spiro atoms. The van der Waals surface area contributed by atoms with Crippen LogP contribution in [0.3, 0.4) is 0 Å². The van der Waals surface area contributed by atoms with Crippen LogP contribution in [0.1, 0.15) is 27.2 Å². The predicted molar refractivity (Wildman–Crippen MR) is 55.9 cm³/mol. The Bertz CT molecular complexity index is 194.